The number of para-hydroxylation sites is 1. The average Bonchev–Trinajstić information content (AvgIpc) is 2.96. The predicted octanol–water partition coefficient (Wildman–Crippen LogP) is 6.08. The van der Waals surface area contributed by atoms with Crippen LogP contribution in [0.15, 0.2) is 105 Å². The maximum absolute atomic E-state index is 12.8. The smallest absolute Gasteiger partial charge is 0.343 e. The van der Waals surface area contributed by atoms with Crippen molar-refractivity contribution in [2.45, 2.75) is 6.92 Å². The molecule has 0 spiro atoms. The lowest BCUT2D eigenvalue weighted by atomic mass is 10.1. The number of nitrogens with one attached hydrogen (secondary N) is 3. The van der Waals surface area contributed by atoms with Crippen molar-refractivity contribution in [2.24, 2.45) is 5.10 Å². The van der Waals surface area contributed by atoms with Crippen LogP contribution in [0.25, 0.3) is 0 Å². The second-order valence-corrected chi connectivity index (χ2v) is 10.4. The highest BCUT2D eigenvalue weighted by Gasteiger charge is 2.18. The van der Waals surface area contributed by atoms with E-state index >= 15 is 0 Å². The summed E-state index contributed by atoms with van der Waals surface area (Å²) >= 11 is 6.69. The van der Waals surface area contributed by atoms with E-state index in [1.165, 1.54) is 18.3 Å². The van der Waals surface area contributed by atoms with Crippen molar-refractivity contribution in [3.05, 3.63) is 122 Å². The molecule has 0 atom stereocenters. The summed E-state index contributed by atoms with van der Waals surface area (Å²) in [6.07, 6.45) is 1.24. The Bertz CT molecular complexity index is 1640. The number of anilines is 2. The highest BCUT2D eigenvalue weighted by atomic mass is 79.9. The van der Waals surface area contributed by atoms with E-state index in [4.69, 9.17) is 4.74 Å². The number of aryl methyl sites for hydroxylation is 1. The summed E-state index contributed by atoms with van der Waals surface area (Å²) in [4.78, 5) is 50.4. The number of nitrogens with zero attached hydrogens (tertiary/aromatic N) is 1. The molecule has 206 valence electrons. The third kappa shape index (κ3) is 8.19. The molecule has 0 aliphatic rings. The minimum atomic E-state index is -1.07. The number of carbonyl (C=O) groups excluding carboxylic acids is 4. The summed E-state index contributed by atoms with van der Waals surface area (Å²) in [6, 6.07) is 25.1. The monoisotopic (exact) mass is 676 g/mol. The summed E-state index contributed by atoms with van der Waals surface area (Å²) in [6.45, 7) is 1.91. The van der Waals surface area contributed by atoms with Crippen LogP contribution in [0.2, 0.25) is 0 Å². The van der Waals surface area contributed by atoms with Gasteiger partial charge in [-0.25, -0.2) is 10.2 Å². The van der Waals surface area contributed by atoms with Gasteiger partial charge in [-0.05, 0) is 73.7 Å². The zero-order valence-electron chi connectivity index (χ0n) is 21.5. The van der Waals surface area contributed by atoms with Crippen molar-refractivity contribution >= 4 is 73.1 Å². The second-order valence-electron chi connectivity index (χ2n) is 8.60. The Labute approximate surface area is 252 Å². The molecule has 4 rings (SSSR count). The van der Waals surface area contributed by atoms with Crippen molar-refractivity contribution in [1.29, 1.82) is 0 Å². The lowest BCUT2D eigenvalue weighted by molar-refractivity contribution is -0.136. The molecule has 0 aliphatic heterocycles. The van der Waals surface area contributed by atoms with Gasteiger partial charge in [0.05, 0.1) is 23.0 Å². The number of hydrazone groups is 1. The van der Waals surface area contributed by atoms with Gasteiger partial charge in [-0.2, -0.15) is 5.10 Å². The number of amides is 3. The SMILES string of the molecule is Cc1ccc(C(=O)Oc2ccc(Br)cc2/C=N\NC(=O)C(=O)Nc2ccccc2C(=O)Nc2ccc(Br)cc2)cc1. The quantitative estimate of drug-likeness (QED) is 0.0719. The first-order chi connectivity index (χ1) is 19.7. The molecule has 0 fully saturated rings. The van der Waals surface area contributed by atoms with Gasteiger partial charge in [-0.3, -0.25) is 14.4 Å². The van der Waals surface area contributed by atoms with Gasteiger partial charge in [0.15, 0.2) is 0 Å². The van der Waals surface area contributed by atoms with E-state index in [0.29, 0.717) is 21.3 Å². The summed E-state index contributed by atoms with van der Waals surface area (Å²) in [5.41, 5.74) is 4.75. The summed E-state index contributed by atoms with van der Waals surface area (Å²) in [5, 5.41) is 9.01. The molecule has 9 nitrogen and oxygen atoms in total. The van der Waals surface area contributed by atoms with Crippen molar-refractivity contribution in [2.75, 3.05) is 10.6 Å². The number of benzene rings is 4. The number of hydrogen-bond acceptors (Lipinski definition) is 6. The molecular weight excluding hydrogens is 656 g/mol. The van der Waals surface area contributed by atoms with Crippen LogP contribution < -0.4 is 20.8 Å². The Morgan fingerprint density at radius 1 is 0.780 bits per heavy atom. The van der Waals surface area contributed by atoms with Crippen LogP contribution in [-0.2, 0) is 9.59 Å². The number of rotatable bonds is 7. The van der Waals surface area contributed by atoms with Gasteiger partial charge in [0, 0.05) is 20.2 Å². The number of esters is 1. The Morgan fingerprint density at radius 2 is 1.46 bits per heavy atom. The van der Waals surface area contributed by atoms with Gasteiger partial charge in [-0.15, -0.1) is 0 Å². The first kappa shape index (κ1) is 29.4. The summed E-state index contributed by atoms with van der Waals surface area (Å²) < 4.78 is 7.05. The van der Waals surface area contributed by atoms with Gasteiger partial charge in [-0.1, -0.05) is 61.7 Å². The minimum absolute atomic E-state index is 0.142. The number of hydrogen-bond donors (Lipinski definition) is 3. The number of ether oxygens (including phenoxy) is 1. The maximum atomic E-state index is 12.8. The van der Waals surface area contributed by atoms with Gasteiger partial charge >= 0.3 is 17.8 Å². The van der Waals surface area contributed by atoms with E-state index in [-0.39, 0.29) is 17.0 Å². The fourth-order valence-corrected chi connectivity index (χ4v) is 4.12. The van der Waals surface area contributed by atoms with Gasteiger partial charge < -0.3 is 15.4 Å². The van der Waals surface area contributed by atoms with Crippen LogP contribution in [0.1, 0.15) is 31.8 Å². The van der Waals surface area contributed by atoms with E-state index in [2.05, 4.69) is 53.0 Å². The van der Waals surface area contributed by atoms with Crippen molar-refractivity contribution in [3.63, 3.8) is 0 Å². The van der Waals surface area contributed by atoms with E-state index in [1.807, 2.05) is 6.92 Å². The highest BCUT2D eigenvalue weighted by molar-refractivity contribution is 9.10. The Morgan fingerprint density at radius 3 is 2.20 bits per heavy atom. The highest BCUT2D eigenvalue weighted by Crippen LogP contribution is 2.23. The molecule has 0 aromatic heterocycles. The van der Waals surface area contributed by atoms with E-state index in [9.17, 15) is 19.2 Å². The minimum Gasteiger partial charge on any atom is -0.422 e. The fraction of sp³-hybridized carbons (Fsp3) is 0.0333. The molecule has 0 heterocycles. The molecule has 3 N–H and O–H groups in total. The van der Waals surface area contributed by atoms with Gasteiger partial charge in [0.1, 0.15) is 5.75 Å². The third-order valence-electron chi connectivity index (χ3n) is 5.56. The zero-order valence-corrected chi connectivity index (χ0v) is 24.7. The molecule has 4 aromatic carbocycles. The van der Waals surface area contributed by atoms with Crippen LogP contribution in [0, 0.1) is 6.92 Å². The van der Waals surface area contributed by atoms with Crippen LogP contribution in [0.4, 0.5) is 11.4 Å². The van der Waals surface area contributed by atoms with Crippen molar-refractivity contribution in [3.8, 4) is 5.75 Å². The molecular formula is C30H22Br2N4O5. The van der Waals surface area contributed by atoms with Crippen molar-refractivity contribution in [1.82, 2.24) is 5.43 Å². The lowest BCUT2D eigenvalue weighted by Crippen LogP contribution is -2.33. The molecule has 11 heteroatoms. The maximum Gasteiger partial charge on any atom is 0.343 e. The summed E-state index contributed by atoms with van der Waals surface area (Å²) in [5.74, 6) is -2.94. The Balaban J connectivity index is 1.40. The molecule has 3 amide bonds. The van der Waals surface area contributed by atoms with Crippen LogP contribution >= 0.6 is 31.9 Å². The standard InChI is InChI=1S/C30H22Br2N4O5/c1-18-6-8-19(9-7-18)30(40)41-26-15-12-22(32)16-20(26)17-33-36-29(39)28(38)35-25-5-3-2-4-24(25)27(37)34-23-13-10-21(31)11-14-23/h2-17H,1H3,(H,34,37)(H,35,38)(H,36,39)/b33-17-. The fourth-order valence-electron chi connectivity index (χ4n) is 3.47. The van der Waals surface area contributed by atoms with Crippen LogP contribution in [0.3, 0.4) is 0 Å². The molecule has 0 radical (unpaired) electrons. The zero-order chi connectivity index (χ0) is 29.4. The molecule has 0 bridgehead atoms. The van der Waals surface area contributed by atoms with Crippen LogP contribution in [0.5, 0.6) is 5.75 Å². The second kappa shape index (κ2) is 13.6. The Kier molecular flexibility index (Phi) is 9.77. The summed E-state index contributed by atoms with van der Waals surface area (Å²) in [7, 11) is 0. The first-order valence-electron chi connectivity index (χ1n) is 12.1. The number of halogens is 2. The molecule has 0 saturated heterocycles. The molecule has 0 saturated carbocycles. The van der Waals surface area contributed by atoms with E-state index in [1.54, 1.807) is 78.9 Å². The first-order valence-corrected chi connectivity index (χ1v) is 13.7. The van der Waals surface area contributed by atoms with Gasteiger partial charge in [0.2, 0.25) is 0 Å². The molecule has 4 aromatic rings. The molecule has 41 heavy (non-hydrogen) atoms. The average molecular weight is 678 g/mol. The molecule has 0 unspecified atom stereocenters. The molecule has 0 aliphatic carbocycles. The van der Waals surface area contributed by atoms with E-state index in [0.717, 1.165) is 10.0 Å². The normalized spacial score (nSPS) is 10.6. The number of carbonyl (C=O) groups is 4. The Hall–Kier alpha value is -4.61. The van der Waals surface area contributed by atoms with E-state index < -0.39 is 23.7 Å². The topological polar surface area (TPSA) is 126 Å². The largest absolute Gasteiger partial charge is 0.422 e. The van der Waals surface area contributed by atoms with Gasteiger partial charge in [0.25, 0.3) is 5.91 Å². The van der Waals surface area contributed by atoms with Crippen LogP contribution in [-0.4, -0.2) is 29.9 Å². The third-order valence-corrected chi connectivity index (χ3v) is 6.58. The van der Waals surface area contributed by atoms with Crippen molar-refractivity contribution < 1.29 is 23.9 Å². The predicted molar refractivity (Wildman–Crippen MR) is 163 cm³/mol. The lowest BCUT2D eigenvalue weighted by Gasteiger charge is -2.11.